The van der Waals surface area contributed by atoms with Crippen LogP contribution in [0, 0.1) is 0 Å². The first-order valence-electron chi connectivity index (χ1n) is 12.0. The summed E-state index contributed by atoms with van der Waals surface area (Å²) >= 11 is 31.4. The van der Waals surface area contributed by atoms with Crippen molar-refractivity contribution in [1.82, 2.24) is 10.2 Å². The number of nitrogens with one attached hydrogen (secondary N) is 1. The largest absolute Gasteiger partial charge is 0.355 e. The molecule has 0 aliphatic carbocycles. The second-order valence-electron chi connectivity index (χ2n) is 8.81. The Morgan fingerprint density at radius 2 is 1.45 bits per heavy atom. The quantitative estimate of drug-likeness (QED) is 0.237. The summed E-state index contributed by atoms with van der Waals surface area (Å²) < 4.78 is 26.6. The minimum Gasteiger partial charge on any atom is -0.355 e. The van der Waals surface area contributed by atoms with Gasteiger partial charge in [0.05, 0.1) is 27.0 Å². The Morgan fingerprint density at radius 1 is 0.850 bits per heavy atom. The van der Waals surface area contributed by atoms with Gasteiger partial charge in [-0.1, -0.05) is 94.4 Å². The first kappa shape index (κ1) is 32.3. The Hall–Kier alpha value is -2.20. The average molecular weight is 666 g/mol. The average Bonchev–Trinajstić information content (AvgIpc) is 2.88. The van der Waals surface area contributed by atoms with Crippen LogP contribution < -0.4 is 9.62 Å². The SMILES string of the molecule is CCNC(=O)C(Cc1ccccc1)N(Cc1c(Cl)cccc1Cl)C(=O)CN(c1cc(Cl)c(Cl)cc1Cl)S(C)(=O)=O. The maximum atomic E-state index is 14.1. The standard InChI is InChI=1S/C27H26Cl5N3O4S/c1-3-33-27(37)25(12-17-8-5-4-6-9-17)34(15-18-19(28)10-7-11-20(18)29)26(36)16-35(40(2,38)39)24-14-22(31)21(30)13-23(24)32/h4-11,13-14,25H,3,12,15-16H2,1-2H3,(H,33,37). The van der Waals surface area contributed by atoms with E-state index >= 15 is 0 Å². The van der Waals surface area contributed by atoms with E-state index in [0.717, 1.165) is 16.1 Å². The predicted octanol–water partition coefficient (Wildman–Crippen LogP) is 6.50. The number of carbonyl (C=O) groups excluding carboxylic acids is 2. The molecule has 0 saturated carbocycles. The molecule has 0 fully saturated rings. The van der Waals surface area contributed by atoms with Crippen LogP contribution in [0.5, 0.6) is 0 Å². The fourth-order valence-corrected chi connectivity index (χ4v) is 6.06. The van der Waals surface area contributed by atoms with E-state index in [2.05, 4.69) is 5.32 Å². The highest BCUT2D eigenvalue weighted by Gasteiger charge is 2.34. The summed E-state index contributed by atoms with van der Waals surface area (Å²) in [6.45, 7) is 1.21. The van der Waals surface area contributed by atoms with E-state index in [-0.39, 0.29) is 43.8 Å². The van der Waals surface area contributed by atoms with Gasteiger partial charge in [-0.25, -0.2) is 8.42 Å². The van der Waals surface area contributed by atoms with E-state index in [1.165, 1.54) is 17.0 Å². The Balaban J connectivity index is 2.13. The Morgan fingerprint density at radius 3 is 2.02 bits per heavy atom. The van der Waals surface area contributed by atoms with Gasteiger partial charge < -0.3 is 10.2 Å². The van der Waals surface area contributed by atoms with Crippen molar-refractivity contribution >= 4 is 85.5 Å². The molecule has 0 saturated heterocycles. The lowest BCUT2D eigenvalue weighted by atomic mass is 10.0. The summed E-state index contributed by atoms with van der Waals surface area (Å²) in [4.78, 5) is 28.7. The minimum atomic E-state index is -4.06. The Labute approximate surface area is 258 Å². The zero-order chi connectivity index (χ0) is 29.6. The van der Waals surface area contributed by atoms with Gasteiger partial charge in [-0.05, 0) is 36.8 Å². The monoisotopic (exact) mass is 663 g/mol. The molecule has 0 heterocycles. The molecule has 0 aromatic heterocycles. The van der Waals surface area contributed by atoms with Crippen LogP contribution in [0.15, 0.2) is 60.7 Å². The van der Waals surface area contributed by atoms with Crippen molar-refractivity contribution in [1.29, 1.82) is 0 Å². The van der Waals surface area contributed by atoms with Gasteiger partial charge in [-0.15, -0.1) is 0 Å². The zero-order valence-corrected chi connectivity index (χ0v) is 26.1. The van der Waals surface area contributed by atoms with Gasteiger partial charge in [0.2, 0.25) is 21.8 Å². The van der Waals surface area contributed by atoms with Gasteiger partial charge >= 0.3 is 0 Å². The number of halogens is 5. The van der Waals surface area contributed by atoms with Crippen molar-refractivity contribution < 1.29 is 18.0 Å². The number of sulfonamides is 1. The smallest absolute Gasteiger partial charge is 0.244 e. The number of carbonyl (C=O) groups is 2. The van der Waals surface area contributed by atoms with Gasteiger partial charge in [0.25, 0.3) is 0 Å². The molecule has 214 valence electrons. The molecule has 1 unspecified atom stereocenters. The molecule has 0 radical (unpaired) electrons. The third-order valence-electron chi connectivity index (χ3n) is 5.95. The summed E-state index contributed by atoms with van der Waals surface area (Å²) in [5.74, 6) is -1.13. The van der Waals surface area contributed by atoms with Crippen molar-refractivity contribution in [2.45, 2.75) is 25.9 Å². The third kappa shape index (κ3) is 8.18. The molecule has 2 amide bonds. The molecule has 7 nitrogen and oxygen atoms in total. The molecular formula is C27H26Cl5N3O4S. The molecule has 3 aromatic carbocycles. The van der Waals surface area contributed by atoms with E-state index in [1.54, 1.807) is 25.1 Å². The lowest BCUT2D eigenvalue weighted by Crippen LogP contribution is -2.53. The summed E-state index contributed by atoms with van der Waals surface area (Å²) in [5, 5.41) is 3.47. The van der Waals surface area contributed by atoms with E-state index in [9.17, 15) is 18.0 Å². The van der Waals surface area contributed by atoms with Crippen molar-refractivity contribution in [3.05, 3.63) is 96.9 Å². The lowest BCUT2D eigenvalue weighted by Gasteiger charge is -2.34. The summed E-state index contributed by atoms with van der Waals surface area (Å²) in [6.07, 6.45) is 1.08. The van der Waals surface area contributed by atoms with Crippen LogP contribution in [0.2, 0.25) is 25.1 Å². The molecule has 0 aliphatic rings. The van der Waals surface area contributed by atoms with Crippen molar-refractivity contribution in [3.8, 4) is 0 Å². The second kappa shape index (κ2) is 14.1. The maximum absolute atomic E-state index is 14.1. The van der Waals surface area contributed by atoms with Crippen LogP contribution in [-0.2, 0) is 32.6 Å². The summed E-state index contributed by atoms with van der Waals surface area (Å²) in [6, 6.07) is 15.5. The predicted molar refractivity (Wildman–Crippen MR) is 163 cm³/mol. The fourth-order valence-electron chi connectivity index (χ4n) is 4.00. The van der Waals surface area contributed by atoms with Crippen LogP contribution >= 0.6 is 58.0 Å². The number of rotatable bonds is 11. The Kier molecular flexibility index (Phi) is 11.4. The second-order valence-corrected chi connectivity index (χ2v) is 12.8. The molecule has 3 aromatic rings. The van der Waals surface area contributed by atoms with Gasteiger partial charge in [-0.3, -0.25) is 13.9 Å². The van der Waals surface area contributed by atoms with E-state index < -0.39 is 34.4 Å². The zero-order valence-electron chi connectivity index (χ0n) is 21.5. The molecule has 0 bridgehead atoms. The number of hydrogen-bond donors (Lipinski definition) is 1. The molecule has 13 heteroatoms. The van der Waals surface area contributed by atoms with E-state index in [4.69, 9.17) is 58.0 Å². The Bertz CT molecular complexity index is 1470. The highest BCUT2D eigenvalue weighted by atomic mass is 35.5. The number of nitrogens with zero attached hydrogens (tertiary/aromatic N) is 2. The maximum Gasteiger partial charge on any atom is 0.244 e. The number of anilines is 1. The summed E-state index contributed by atoms with van der Waals surface area (Å²) in [7, 11) is -4.06. The fraction of sp³-hybridized carbons (Fsp3) is 0.259. The van der Waals surface area contributed by atoms with Crippen molar-refractivity contribution in [2.24, 2.45) is 0 Å². The number of benzene rings is 3. The van der Waals surface area contributed by atoms with Crippen LogP contribution in [0.25, 0.3) is 0 Å². The van der Waals surface area contributed by atoms with Crippen molar-refractivity contribution in [2.75, 3.05) is 23.7 Å². The van der Waals surface area contributed by atoms with Gasteiger partial charge in [-0.2, -0.15) is 0 Å². The molecular weight excluding hydrogens is 640 g/mol. The van der Waals surface area contributed by atoms with Crippen LogP contribution in [0.3, 0.4) is 0 Å². The first-order chi connectivity index (χ1) is 18.8. The molecule has 1 atom stereocenters. The molecule has 3 rings (SSSR count). The summed E-state index contributed by atoms with van der Waals surface area (Å²) in [5.41, 5.74) is 1.15. The first-order valence-corrected chi connectivity index (χ1v) is 15.7. The van der Waals surface area contributed by atoms with Crippen LogP contribution in [0.4, 0.5) is 5.69 Å². The third-order valence-corrected chi connectivity index (χ3v) is 8.81. The van der Waals surface area contributed by atoms with Crippen LogP contribution in [-0.4, -0.2) is 50.5 Å². The highest BCUT2D eigenvalue weighted by Crippen LogP contribution is 2.36. The highest BCUT2D eigenvalue weighted by molar-refractivity contribution is 7.92. The van der Waals surface area contributed by atoms with Crippen LogP contribution in [0.1, 0.15) is 18.1 Å². The lowest BCUT2D eigenvalue weighted by molar-refractivity contribution is -0.140. The number of hydrogen-bond acceptors (Lipinski definition) is 4. The van der Waals surface area contributed by atoms with Gasteiger partial charge in [0.1, 0.15) is 12.6 Å². The topological polar surface area (TPSA) is 86.8 Å². The molecule has 0 spiro atoms. The van der Waals surface area contributed by atoms with E-state index in [0.29, 0.717) is 12.1 Å². The molecule has 0 aliphatic heterocycles. The van der Waals surface area contributed by atoms with Crippen molar-refractivity contribution in [3.63, 3.8) is 0 Å². The van der Waals surface area contributed by atoms with E-state index in [1.807, 2.05) is 30.3 Å². The minimum absolute atomic E-state index is 0.0297. The van der Waals surface area contributed by atoms with Gasteiger partial charge in [0.15, 0.2) is 0 Å². The number of likely N-dealkylation sites (N-methyl/N-ethyl adjacent to an activating group) is 1. The normalized spacial score (nSPS) is 12.1. The molecule has 40 heavy (non-hydrogen) atoms. The van der Waals surface area contributed by atoms with Gasteiger partial charge in [0, 0.05) is 35.1 Å². The number of amides is 2. The molecule has 1 N–H and O–H groups in total.